The number of carbonyl (C=O) groups is 3. The average Bonchev–Trinajstić information content (AvgIpc) is 3.61. The lowest BCUT2D eigenvalue weighted by Crippen LogP contribution is -2.53. The molecule has 9 nitrogen and oxygen atoms in total. The summed E-state index contributed by atoms with van der Waals surface area (Å²) in [5, 5.41) is 6.76. The van der Waals surface area contributed by atoms with Crippen molar-refractivity contribution in [2.45, 2.75) is 63.2 Å². The molecule has 1 aromatic heterocycles. The van der Waals surface area contributed by atoms with Crippen LogP contribution in [-0.2, 0) is 15.1 Å². The number of benzene rings is 3. The number of nitrogens with two attached hydrogens (primary N) is 3. The number of para-hydroxylation sites is 1. The molecule has 6 rings (SSSR count). The molecule has 4 atom stereocenters. The maximum absolute atomic E-state index is 14.2. The van der Waals surface area contributed by atoms with E-state index in [1.165, 1.54) is 11.3 Å². The van der Waals surface area contributed by atoms with Crippen molar-refractivity contribution in [1.29, 1.82) is 0 Å². The van der Waals surface area contributed by atoms with Crippen molar-refractivity contribution >= 4 is 44.7 Å². The SMILES string of the molecule is CCC(=O)N[C@@H]1CCC[C@@H]1NC(=O)c1sc2c(N)ccc3c2c1C(N)C(=O)C3(N)c1ccc(Oc2ccccc2)cc1C. The number of ether oxygens (including phenoxy) is 1. The summed E-state index contributed by atoms with van der Waals surface area (Å²) in [6, 6.07) is 16.8. The topological polar surface area (TPSA) is 163 Å². The van der Waals surface area contributed by atoms with Gasteiger partial charge in [-0.3, -0.25) is 14.4 Å². The number of anilines is 1. The summed E-state index contributed by atoms with van der Waals surface area (Å²) >= 11 is 1.22. The van der Waals surface area contributed by atoms with E-state index in [2.05, 4.69) is 10.6 Å². The first-order chi connectivity index (χ1) is 20.6. The molecule has 2 aliphatic carbocycles. The molecule has 1 fully saturated rings. The molecule has 0 aliphatic heterocycles. The predicted molar refractivity (Wildman–Crippen MR) is 168 cm³/mol. The Kier molecular flexibility index (Phi) is 7.45. The summed E-state index contributed by atoms with van der Waals surface area (Å²) in [7, 11) is 0. The van der Waals surface area contributed by atoms with Crippen molar-refractivity contribution in [3.8, 4) is 11.5 Å². The van der Waals surface area contributed by atoms with Crippen molar-refractivity contribution in [2.24, 2.45) is 11.5 Å². The molecular formula is C33H35N5O4S. The van der Waals surface area contributed by atoms with Gasteiger partial charge in [0.15, 0.2) is 5.78 Å². The molecule has 2 amide bonds. The third-order valence-electron chi connectivity index (χ3n) is 8.62. The molecule has 0 bridgehead atoms. The molecular weight excluding hydrogens is 562 g/mol. The molecule has 2 unspecified atom stereocenters. The monoisotopic (exact) mass is 597 g/mol. The highest BCUT2D eigenvalue weighted by Gasteiger charge is 2.49. The van der Waals surface area contributed by atoms with E-state index in [1.807, 2.05) is 43.3 Å². The number of amides is 2. The molecule has 43 heavy (non-hydrogen) atoms. The van der Waals surface area contributed by atoms with E-state index in [4.69, 9.17) is 21.9 Å². The van der Waals surface area contributed by atoms with Crippen LogP contribution in [0.4, 0.5) is 5.69 Å². The smallest absolute Gasteiger partial charge is 0.262 e. The van der Waals surface area contributed by atoms with E-state index in [0.717, 1.165) is 24.8 Å². The summed E-state index contributed by atoms with van der Waals surface area (Å²) in [6.45, 7) is 3.68. The normalized spacial score (nSPS) is 22.9. The summed E-state index contributed by atoms with van der Waals surface area (Å²) in [5.74, 6) is 0.505. The van der Waals surface area contributed by atoms with Crippen molar-refractivity contribution < 1.29 is 19.1 Å². The fourth-order valence-corrected chi connectivity index (χ4v) is 7.65. The van der Waals surface area contributed by atoms with Crippen LogP contribution >= 0.6 is 11.3 Å². The number of nitrogen functional groups attached to an aromatic ring is 1. The first kappa shape index (κ1) is 28.9. The Morgan fingerprint density at radius 3 is 2.40 bits per heavy atom. The molecule has 222 valence electrons. The average molecular weight is 598 g/mol. The Labute approximate surface area is 253 Å². The second-order valence-electron chi connectivity index (χ2n) is 11.3. The fraction of sp³-hybridized carbons (Fsp3) is 0.303. The lowest BCUT2D eigenvalue weighted by Gasteiger charge is -2.37. The van der Waals surface area contributed by atoms with Crippen LogP contribution in [0.2, 0.25) is 0 Å². The largest absolute Gasteiger partial charge is 0.457 e. The van der Waals surface area contributed by atoms with Crippen LogP contribution in [0.5, 0.6) is 11.5 Å². The van der Waals surface area contributed by atoms with Crippen LogP contribution < -0.4 is 32.6 Å². The van der Waals surface area contributed by atoms with Gasteiger partial charge in [-0.05, 0) is 73.2 Å². The van der Waals surface area contributed by atoms with E-state index in [9.17, 15) is 14.4 Å². The Morgan fingerprint density at radius 2 is 1.70 bits per heavy atom. The van der Waals surface area contributed by atoms with Gasteiger partial charge in [-0.15, -0.1) is 11.3 Å². The number of thiophene rings is 1. The van der Waals surface area contributed by atoms with E-state index in [-0.39, 0.29) is 23.9 Å². The molecule has 3 aromatic carbocycles. The maximum atomic E-state index is 14.2. The Morgan fingerprint density at radius 1 is 1.00 bits per heavy atom. The summed E-state index contributed by atoms with van der Waals surface area (Å²) < 4.78 is 6.66. The van der Waals surface area contributed by atoms with Gasteiger partial charge in [0.25, 0.3) is 5.91 Å². The number of carbonyl (C=O) groups excluding carboxylic acids is 3. The van der Waals surface area contributed by atoms with Gasteiger partial charge in [0.1, 0.15) is 17.0 Å². The molecule has 8 N–H and O–H groups in total. The van der Waals surface area contributed by atoms with Crippen molar-refractivity contribution in [3.63, 3.8) is 0 Å². The zero-order valence-corrected chi connectivity index (χ0v) is 24.9. The Bertz CT molecular complexity index is 1750. The molecule has 2 aliphatic rings. The van der Waals surface area contributed by atoms with Gasteiger partial charge in [-0.1, -0.05) is 37.3 Å². The summed E-state index contributed by atoms with van der Waals surface area (Å²) in [4.78, 5) is 40.3. The first-order valence-electron chi connectivity index (χ1n) is 14.5. The molecule has 0 saturated heterocycles. The van der Waals surface area contributed by atoms with Crippen LogP contribution in [0, 0.1) is 6.92 Å². The highest BCUT2D eigenvalue weighted by Crippen LogP contribution is 2.50. The second-order valence-corrected chi connectivity index (χ2v) is 12.4. The minimum Gasteiger partial charge on any atom is -0.457 e. The second kappa shape index (κ2) is 11.1. The highest BCUT2D eigenvalue weighted by molar-refractivity contribution is 7.21. The van der Waals surface area contributed by atoms with E-state index < -0.39 is 17.4 Å². The van der Waals surface area contributed by atoms with Gasteiger partial charge in [0, 0.05) is 35.1 Å². The fourth-order valence-electron chi connectivity index (χ4n) is 6.44. The zero-order chi connectivity index (χ0) is 30.5. The lowest BCUT2D eigenvalue weighted by atomic mass is 9.69. The number of hydrogen-bond acceptors (Lipinski definition) is 8. The van der Waals surface area contributed by atoms with Gasteiger partial charge in [0.05, 0.1) is 15.6 Å². The molecule has 0 spiro atoms. The lowest BCUT2D eigenvalue weighted by molar-refractivity contribution is -0.125. The van der Waals surface area contributed by atoms with Crippen molar-refractivity contribution in [1.82, 2.24) is 10.6 Å². The number of ketones is 1. The third kappa shape index (κ3) is 4.85. The molecule has 4 aromatic rings. The number of aryl methyl sites for hydroxylation is 1. The van der Waals surface area contributed by atoms with Crippen LogP contribution in [0.25, 0.3) is 10.1 Å². The standard InChI is InChI=1S/C33H35N5O4S/c1-3-25(39)37-23-10-7-11-24(23)38-32(41)30-27-26-21(14-15-22(34)29(26)43-30)33(36,31(40)28(27)35)20-13-12-19(16-17(20)2)42-18-8-5-4-6-9-18/h4-6,8-9,12-16,23-24,28H,3,7,10-11,34-36H2,1-2H3,(H,37,39)(H,38,41)/t23-,24+,28?,33?/m1/s1. The van der Waals surface area contributed by atoms with Gasteiger partial charge in [0.2, 0.25) is 5.91 Å². The zero-order valence-electron chi connectivity index (χ0n) is 24.1. The maximum Gasteiger partial charge on any atom is 0.262 e. The number of hydrogen-bond donors (Lipinski definition) is 5. The van der Waals surface area contributed by atoms with E-state index >= 15 is 0 Å². The van der Waals surface area contributed by atoms with Crippen LogP contribution in [0.15, 0.2) is 60.7 Å². The Balaban J connectivity index is 1.40. The molecule has 10 heteroatoms. The highest BCUT2D eigenvalue weighted by atomic mass is 32.1. The number of rotatable bonds is 7. The predicted octanol–water partition coefficient (Wildman–Crippen LogP) is 4.55. The quantitative estimate of drug-likeness (QED) is 0.195. The first-order valence-corrected chi connectivity index (χ1v) is 15.3. The number of nitrogens with one attached hydrogen (secondary N) is 2. The minimum absolute atomic E-state index is 0.0534. The van der Waals surface area contributed by atoms with Gasteiger partial charge < -0.3 is 32.6 Å². The minimum atomic E-state index is -1.57. The van der Waals surface area contributed by atoms with Gasteiger partial charge in [-0.2, -0.15) is 0 Å². The molecule has 1 heterocycles. The third-order valence-corrected chi connectivity index (χ3v) is 9.87. The van der Waals surface area contributed by atoms with Crippen LogP contribution in [0.1, 0.15) is 70.6 Å². The van der Waals surface area contributed by atoms with Crippen molar-refractivity contribution in [3.05, 3.63) is 87.8 Å². The van der Waals surface area contributed by atoms with Gasteiger partial charge >= 0.3 is 0 Å². The van der Waals surface area contributed by atoms with Crippen LogP contribution in [-0.4, -0.2) is 29.7 Å². The molecule has 0 radical (unpaired) electrons. The summed E-state index contributed by atoms with van der Waals surface area (Å²) in [5.41, 5.74) is 21.5. The number of Topliss-reactive ketones (excluding diaryl/α,β-unsaturated/α-hetero) is 1. The van der Waals surface area contributed by atoms with Crippen molar-refractivity contribution in [2.75, 3.05) is 5.73 Å². The molecule has 1 saturated carbocycles. The van der Waals surface area contributed by atoms with Crippen LogP contribution in [0.3, 0.4) is 0 Å². The summed E-state index contributed by atoms with van der Waals surface area (Å²) in [6.07, 6.45) is 2.79. The van der Waals surface area contributed by atoms with Gasteiger partial charge in [-0.25, -0.2) is 0 Å². The Hall–Kier alpha value is -4.25. The van der Waals surface area contributed by atoms with E-state index in [1.54, 1.807) is 31.2 Å². The van der Waals surface area contributed by atoms with E-state index in [0.29, 0.717) is 55.3 Å².